The Morgan fingerprint density at radius 3 is 2.75 bits per heavy atom. The minimum atomic E-state index is 0.615. The van der Waals surface area contributed by atoms with E-state index in [2.05, 4.69) is 31.0 Å². The van der Waals surface area contributed by atoms with Crippen LogP contribution in [0.15, 0.2) is 3.92 Å². The van der Waals surface area contributed by atoms with Crippen molar-refractivity contribution in [2.45, 2.75) is 0 Å². The van der Waals surface area contributed by atoms with Gasteiger partial charge in [0, 0.05) is 6.54 Å². The number of hydrogen-bond acceptors (Lipinski definition) is 5. The first-order chi connectivity index (χ1) is 5.68. The number of hydrogen-bond donors (Lipinski definition) is 0. The van der Waals surface area contributed by atoms with E-state index in [4.69, 9.17) is 4.74 Å². The van der Waals surface area contributed by atoms with Gasteiger partial charge in [0.05, 0.1) is 0 Å². The van der Waals surface area contributed by atoms with Gasteiger partial charge in [-0.1, -0.05) is 5.10 Å². The molecule has 0 fully saturated rings. The van der Waals surface area contributed by atoms with Crippen LogP contribution in [0.2, 0.25) is 0 Å². The van der Waals surface area contributed by atoms with Crippen molar-refractivity contribution in [3.05, 3.63) is 3.92 Å². The second-order valence-corrected chi connectivity index (χ2v) is 4.69. The molecule has 0 aliphatic rings. The highest BCUT2D eigenvalue weighted by Crippen LogP contribution is 2.21. The number of ether oxygens (including phenoxy) is 1. The minimum Gasteiger partial charge on any atom is -0.468 e. The number of rotatable bonds is 4. The van der Waals surface area contributed by atoms with Crippen LogP contribution >= 0.6 is 27.3 Å². The Balaban J connectivity index is 2.24. The molecule has 0 N–H and O–H groups in total. The van der Waals surface area contributed by atoms with E-state index in [9.17, 15) is 0 Å². The Hall–Kier alpha value is -0.200. The van der Waals surface area contributed by atoms with Gasteiger partial charge in [-0.2, -0.15) is 0 Å². The quantitative estimate of drug-likeness (QED) is 0.808. The Morgan fingerprint density at radius 1 is 1.50 bits per heavy atom. The summed E-state index contributed by atoms with van der Waals surface area (Å²) in [5, 5.41) is 8.17. The number of nitrogens with zero attached hydrogens (tertiary/aromatic N) is 3. The van der Waals surface area contributed by atoms with Crippen molar-refractivity contribution in [3.8, 4) is 5.19 Å². The Kier molecular flexibility index (Phi) is 3.90. The third kappa shape index (κ3) is 3.46. The van der Waals surface area contributed by atoms with Gasteiger partial charge in [-0.25, -0.2) is 0 Å². The van der Waals surface area contributed by atoms with Gasteiger partial charge in [0.2, 0.25) is 0 Å². The van der Waals surface area contributed by atoms with Gasteiger partial charge < -0.3 is 9.64 Å². The standard InChI is InChI=1S/C6H10BrN3OS/c1-10(2)3-4-11-6-9-8-5(7)12-6/h3-4H2,1-2H3. The Labute approximate surface area is 83.7 Å². The van der Waals surface area contributed by atoms with Crippen LogP contribution in [-0.4, -0.2) is 42.3 Å². The van der Waals surface area contributed by atoms with Crippen molar-refractivity contribution in [2.75, 3.05) is 27.2 Å². The van der Waals surface area contributed by atoms with Crippen LogP contribution in [0.5, 0.6) is 5.19 Å². The third-order valence-corrected chi connectivity index (χ3v) is 2.41. The van der Waals surface area contributed by atoms with E-state index < -0.39 is 0 Å². The average molecular weight is 252 g/mol. The smallest absolute Gasteiger partial charge is 0.294 e. The highest BCUT2D eigenvalue weighted by Gasteiger charge is 2.01. The number of halogens is 1. The van der Waals surface area contributed by atoms with E-state index in [1.807, 2.05) is 14.1 Å². The van der Waals surface area contributed by atoms with E-state index in [0.29, 0.717) is 11.8 Å². The van der Waals surface area contributed by atoms with Crippen molar-refractivity contribution < 1.29 is 4.74 Å². The van der Waals surface area contributed by atoms with Crippen LogP contribution in [0.1, 0.15) is 0 Å². The second-order valence-electron chi connectivity index (χ2n) is 2.47. The zero-order chi connectivity index (χ0) is 8.97. The molecule has 1 heterocycles. The van der Waals surface area contributed by atoms with Crippen LogP contribution in [0.3, 0.4) is 0 Å². The van der Waals surface area contributed by atoms with E-state index in [1.165, 1.54) is 11.3 Å². The lowest BCUT2D eigenvalue weighted by Crippen LogP contribution is -2.19. The molecule has 0 amide bonds. The summed E-state index contributed by atoms with van der Waals surface area (Å²) in [6, 6.07) is 0. The maximum Gasteiger partial charge on any atom is 0.294 e. The molecular formula is C6H10BrN3OS. The molecule has 0 aliphatic carbocycles. The molecule has 0 bridgehead atoms. The number of likely N-dealkylation sites (N-methyl/N-ethyl adjacent to an activating group) is 1. The third-order valence-electron chi connectivity index (χ3n) is 1.15. The lowest BCUT2D eigenvalue weighted by molar-refractivity contribution is 0.259. The molecule has 1 aromatic rings. The van der Waals surface area contributed by atoms with E-state index in [0.717, 1.165) is 10.5 Å². The van der Waals surface area contributed by atoms with Crippen molar-refractivity contribution in [3.63, 3.8) is 0 Å². The first kappa shape index (κ1) is 9.88. The molecule has 68 valence electrons. The van der Waals surface area contributed by atoms with Crippen LogP contribution in [0.4, 0.5) is 0 Å². The van der Waals surface area contributed by atoms with Gasteiger partial charge in [0.15, 0.2) is 3.92 Å². The van der Waals surface area contributed by atoms with Crippen LogP contribution < -0.4 is 4.74 Å². The maximum atomic E-state index is 5.31. The summed E-state index contributed by atoms with van der Waals surface area (Å²) in [7, 11) is 4.00. The van der Waals surface area contributed by atoms with E-state index >= 15 is 0 Å². The Bertz CT molecular complexity index is 240. The van der Waals surface area contributed by atoms with Gasteiger partial charge in [-0.15, -0.1) is 5.10 Å². The summed E-state index contributed by atoms with van der Waals surface area (Å²) >= 11 is 4.60. The highest BCUT2D eigenvalue weighted by molar-refractivity contribution is 9.11. The van der Waals surface area contributed by atoms with Crippen molar-refractivity contribution in [1.82, 2.24) is 15.1 Å². The molecule has 0 radical (unpaired) electrons. The fourth-order valence-corrected chi connectivity index (χ4v) is 1.51. The van der Waals surface area contributed by atoms with Crippen molar-refractivity contribution in [2.24, 2.45) is 0 Å². The fraction of sp³-hybridized carbons (Fsp3) is 0.667. The highest BCUT2D eigenvalue weighted by atomic mass is 79.9. The largest absolute Gasteiger partial charge is 0.468 e. The molecule has 0 aliphatic heterocycles. The molecule has 12 heavy (non-hydrogen) atoms. The van der Waals surface area contributed by atoms with Crippen molar-refractivity contribution >= 4 is 27.3 Å². The topological polar surface area (TPSA) is 38.2 Å². The van der Waals surface area contributed by atoms with E-state index in [1.54, 1.807) is 0 Å². The van der Waals surface area contributed by atoms with Gasteiger partial charge in [0.25, 0.3) is 5.19 Å². The predicted octanol–water partition coefficient (Wildman–Crippen LogP) is 1.24. The molecule has 0 saturated heterocycles. The lowest BCUT2D eigenvalue weighted by atomic mass is 10.6. The zero-order valence-corrected chi connectivity index (χ0v) is 9.35. The SMILES string of the molecule is CN(C)CCOc1nnc(Br)s1. The van der Waals surface area contributed by atoms with Crippen LogP contribution in [0.25, 0.3) is 0 Å². The molecule has 4 nitrogen and oxygen atoms in total. The maximum absolute atomic E-state index is 5.31. The second kappa shape index (κ2) is 4.74. The molecule has 0 saturated carbocycles. The molecule has 0 aromatic carbocycles. The van der Waals surface area contributed by atoms with Gasteiger partial charge in [0.1, 0.15) is 6.61 Å². The fourth-order valence-electron chi connectivity index (χ4n) is 0.567. The molecule has 1 aromatic heterocycles. The van der Waals surface area contributed by atoms with Crippen LogP contribution in [0, 0.1) is 0 Å². The normalized spacial score (nSPS) is 10.7. The van der Waals surface area contributed by atoms with Gasteiger partial charge in [-0.3, -0.25) is 0 Å². The molecule has 1 rings (SSSR count). The average Bonchev–Trinajstić information content (AvgIpc) is 2.35. The first-order valence-electron chi connectivity index (χ1n) is 3.45. The zero-order valence-electron chi connectivity index (χ0n) is 6.95. The van der Waals surface area contributed by atoms with E-state index in [-0.39, 0.29) is 0 Å². The number of aromatic nitrogens is 2. The lowest BCUT2D eigenvalue weighted by Gasteiger charge is -2.07. The molecule has 6 heteroatoms. The molecule has 0 atom stereocenters. The molecule has 0 spiro atoms. The monoisotopic (exact) mass is 251 g/mol. The van der Waals surface area contributed by atoms with Gasteiger partial charge in [-0.05, 0) is 41.4 Å². The first-order valence-corrected chi connectivity index (χ1v) is 5.06. The molecule has 0 unspecified atom stereocenters. The van der Waals surface area contributed by atoms with Crippen molar-refractivity contribution in [1.29, 1.82) is 0 Å². The summed E-state index contributed by atoms with van der Waals surface area (Å²) in [5.74, 6) is 0. The summed E-state index contributed by atoms with van der Waals surface area (Å²) < 4.78 is 6.06. The Morgan fingerprint density at radius 2 is 2.25 bits per heavy atom. The summed E-state index contributed by atoms with van der Waals surface area (Å²) in [5.41, 5.74) is 0. The summed E-state index contributed by atoms with van der Waals surface area (Å²) in [4.78, 5) is 2.05. The van der Waals surface area contributed by atoms with Gasteiger partial charge >= 0.3 is 0 Å². The minimum absolute atomic E-state index is 0.615. The summed E-state index contributed by atoms with van der Waals surface area (Å²) in [6.45, 7) is 1.53. The van der Waals surface area contributed by atoms with Crippen LogP contribution in [-0.2, 0) is 0 Å². The predicted molar refractivity (Wildman–Crippen MR) is 51.7 cm³/mol. The molecular weight excluding hydrogens is 242 g/mol. The summed E-state index contributed by atoms with van der Waals surface area (Å²) in [6.07, 6.45) is 0.